The molecule has 0 radical (unpaired) electrons. The molecule has 5 N–H and O–H groups in total. The van der Waals surface area contributed by atoms with Gasteiger partial charge in [0.05, 0.1) is 23.1 Å². The average molecular weight is 592 g/mol. The van der Waals surface area contributed by atoms with Gasteiger partial charge in [-0.3, -0.25) is 28.9 Å². The molecule has 4 fully saturated rings. The van der Waals surface area contributed by atoms with Crippen molar-refractivity contribution in [2.45, 2.75) is 68.4 Å². The van der Waals surface area contributed by atoms with Crippen LogP contribution in [0.4, 0.5) is 13.2 Å². The van der Waals surface area contributed by atoms with E-state index in [9.17, 15) is 47.4 Å². The number of aromatic hydroxyl groups is 1. The van der Waals surface area contributed by atoms with Crippen molar-refractivity contribution in [3.05, 3.63) is 28.3 Å². The monoisotopic (exact) mass is 591 g/mol. The van der Waals surface area contributed by atoms with Gasteiger partial charge in [-0.15, -0.1) is 0 Å². The van der Waals surface area contributed by atoms with Gasteiger partial charge >= 0.3 is 6.18 Å². The van der Waals surface area contributed by atoms with E-state index in [4.69, 9.17) is 5.73 Å². The Morgan fingerprint density at radius 3 is 2.31 bits per heavy atom. The first-order valence-corrected chi connectivity index (χ1v) is 14.1. The molecule has 6 atom stereocenters. The van der Waals surface area contributed by atoms with E-state index in [0.717, 1.165) is 31.7 Å². The van der Waals surface area contributed by atoms with Gasteiger partial charge in [-0.25, -0.2) is 0 Å². The Morgan fingerprint density at radius 1 is 1.14 bits per heavy atom. The number of nitrogens with one attached hydrogen (secondary N) is 1. The zero-order chi connectivity index (χ0) is 30.7. The van der Waals surface area contributed by atoms with Gasteiger partial charge in [-0.2, -0.15) is 13.2 Å². The average Bonchev–Trinajstić information content (AvgIpc) is 3.77. The minimum absolute atomic E-state index is 0.171. The van der Waals surface area contributed by atoms with Crippen molar-refractivity contribution in [2.75, 3.05) is 14.1 Å². The molecular formula is C29H32F3N3O7. The number of hydrogen-bond acceptors (Lipinski definition) is 9. The Hall–Kier alpha value is -3.16. The van der Waals surface area contributed by atoms with Crippen LogP contribution in [-0.4, -0.2) is 75.4 Å². The van der Waals surface area contributed by atoms with E-state index < -0.39 is 99.4 Å². The van der Waals surface area contributed by atoms with Crippen molar-refractivity contribution in [3.63, 3.8) is 0 Å². The van der Waals surface area contributed by atoms with E-state index in [0.29, 0.717) is 5.92 Å². The number of Topliss-reactive ketones (excluding diaryl/α,β-unsaturated/α-hetero) is 4. The summed E-state index contributed by atoms with van der Waals surface area (Å²) in [5.74, 6) is -12.9. The summed E-state index contributed by atoms with van der Waals surface area (Å²) in [7, 11) is 2.87. The molecule has 5 aliphatic carbocycles. The molecule has 2 unspecified atom stereocenters. The fraction of sp³-hybridized carbons (Fsp3) is 0.621. The van der Waals surface area contributed by atoms with Gasteiger partial charge in [0.15, 0.2) is 34.7 Å². The Bertz CT molecular complexity index is 1450. The number of phenols is 1. The highest BCUT2D eigenvalue weighted by Crippen LogP contribution is 2.55. The van der Waals surface area contributed by atoms with E-state index in [1.807, 2.05) is 0 Å². The molecule has 10 nitrogen and oxygen atoms in total. The maximum absolute atomic E-state index is 14.7. The first-order chi connectivity index (χ1) is 19.5. The van der Waals surface area contributed by atoms with Crippen molar-refractivity contribution in [1.82, 2.24) is 10.2 Å². The molecule has 0 aliphatic heterocycles. The Morgan fingerprint density at radius 2 is 1.79 bits per heavy atom. The summed E-state index contributed by atoms with van der Waals surface area (Å²) in [5.41, 5.74) is -0.228. The highest BCUT2D eigenvalue weighted by Gasteiger charge is 2.69. The number of alkyl halides is 3. The molecule has 226 valence electrons. The molecule has 1 amide bonds. The Labute approximate surface area is 238 Å². The summed E-state index contributed by atoms with van der Waals surface area (Å²) in [4.78, 5) is 67.5. The number of primary amides is 1. The Kier molecular flexibility index (Phi) is 6.32. The van der Waals surface area contributed by atoms with Crippen molar-refractivity contribution < 1.29 is 47.4 Å². The molecule has 13 heteroatoms. The molecule has 4 saturated carbocycles. The standard InChI is InChI=1S/C29H32F3N3O7/c1-35(2)21-15-8-11-7-14-18(22(37)17(11)24(39)28(15,42)25(40)19(23(21)38)26(33)41)16(36)9-12(20(14)29(30,31)32)10-34-27(5-6-27)13-3-4-13/h9,11,13,15,17,19,21,34,36,42H,3-8,10H2,1-2H3,(H2,33,41)/t11-,15-,17?,19?,21-,28-/m0/s1. The zero-order valence-corrected chi connectivity index (χ0v) is 23.1. The second-order valence-electron chi connectivity index (χ2n) is 12.9. The van der Waals surface area contributed by atoms with Gasteiger partial charge in [-0.1, -0.05) is 0 Å². The molecule has 1 aromatic carbocycles. The smallest absolute Gasteiger partial charge is 0.417 e. The number of hydrogen-bond donors (Lipinski definition) is 4. The van der Waals surface area contributed by atoms with E-state index in [2.05, 4.69) is 5.32 Å². The highest BCUT2D eigenvalue weighted by atomic mass is 19.4. The molecule has 6 rings (SSSR count). The molecule has 0 spiro atoms. The molecule has 0 saturated heterocycles. The molecule has 42 heavy (non-hydrogen) atoms. The number of fused-ring (bicyclic) bond motifs is 3. The molecule has 1 aromatic rings. The minimum Gasteiger partial charge on any atom is -0.507 e. The van der Waals surface area contributed by atoms with Crippen molar-refractivity contribution in [2.24, 2.45) is 35.3 Å². The summed E-state index contributed by atoms with van der Waals surface area (Å²) < 4.78 is 44.0. The fourth-order valence-corrected chi connectivity index (χ4v) is 8.01. The number of amides is 1. The van der Waals surface area contributed by atoms with Gasteiger partial charge < -0.3 is 21.3 Å². The number of carbonyl (C=O) groups is 5. The Balaban J connectivity index is 1.44. The third kappa shape index (κ3) is 3.99. The topological polar surface area (TPSA) is 167 Å². The lowest BCUT2D eigenvalue weighted by Gasteiger charge is -2.52. The zero-order valence-electron chi connectivity index (χ0n) is 23.1. The van der Waals surface area contributed by atoms with Crippen molar-refractivity contribution in [3.8, 4) is 5.75 Å². The SMILES string of the molecule is CN(C)[C@@H]1C(=O)C(C(N)=O)C(=O)[C@@]2(O)C(=O)C3C(=O)c4c(O)cc(CNC5(C6CC6)CC5)c(C(F)(F)F)c4C[C@H]3C[C@@H]12. The second kappa shape index (κ2) is 9.17. The van der Waals surface area contributed by atoms with Crippen LogP contribution in [0.3, 0.4) is 0 Å². The maximum Gasteiger partial charge on any atom is 0.417 e. The summed E-state index contributed by atoms with van der Waals surface area (Å²) in [5, 5.41) is 25.7. The van der Waals surface area contributed by atoms with Crippen LogP contribution in [0.2, 0.25) is 0 Å². The van der Waals surface area contributed by atoms with Crippen LogP contribution < -0.4 is 11.1 Å². The summed E-state index contributed by atoms with van der Waals surface area (Å²) in [6, 6.07) is -0.439. The number of rotatable bonds is 6. The first-order valence-electron chi connectivity index (χ1n) is 14.1. The number of carbonyl (C=O) groups excluding carboxylic acids is 5. The van der Waals surface area contributed by atoms with Crippen LogP contribution in [0, 0.1) is 29.6 Å². The van der Waals surface area contributed by atoms with E-state index >= 15 is 0 Å². The number of aliphatic hydroxyl groups is 1. The second-order valence-corrected chi connectivity index (χ2v) is 12.9. The van der Waals surface area contributed by atoms with Gasteiger partial charge in [0, 0.05) is 18.0 Å². The van der Waals surface area contributed by atoms with Gasteiger partial charge in [-0.05, 0) is 81.6 Å². The third-order valence-electron chi connectivity index (χ3n) is 10.2. The lowest BCUT2D eigenvalue weighted by atomic mass is 9.52. The minimum atomic E-state index is -4.89. The lowest BCUT2D eigenvalue weighted by Crippen LogP contribution is -2.74. The molecule has 0 aromatic heterocycles. The number of phenolic OH excluding ortho intramolecular Hbond substituents is 1. The number of ketones is 4. The van der Waals surface area contributed by atoms with E-state index in [1.54, 1.807) is 0 Å². The largest absolute Gasteiger partial charge is 0.507 e. The quantitative estimate of drug-likeness (QED) is 0.352. The van der Waals surface area contributed by atoms with Crippen LogP contribution >= 0.6 is 0 Å². The van der Waals surface area contributed by atoms with Crippen LogP contribution in [0.15, 0.2) is 6.07 Å². The van der Waals surface area contributed by atoms with E-state index in [1.165, 1.54) is 19.0 Å². The van der Waals surface area contributed by atoms with Crippen LogP contribution in [0.1, 0.15) is 59.2 Å². The van der Waals surface area contributed by atoms with Crippen LogP contribution in [-0.2, 0) is 38.3 Å². The van der Waals surface area contributed by atoms with Crippen LogP contribution in [0.25, 0.3) is 0 Å². The van der Waals surface area contributed by atoms with Crippen molar-refractivity contribution >= 4 is 29.0 Å². The van der Waals surface area contributed by atoms with Gasteiger partial charge in [0.25, 0.3) is 0 Å². The molecule has 0 bridgehead atoms. The molecule has 5 aliphatic rings. The summed E-state index contributed by atoms with van der Waals surface area (Å²) in [6.45, 7) is -0.171. The summed E-state index contributed by atoms with van der Waals surface area (Å²) in [6.07, 6.45) is -1.95. The predicted molar refractivity (Wildman–Crippen MR) is 138 cm³/mol. The predicted octanol–water partition coefficient (Wildman–Crippen LogP) is 0.918. The highest BCUT2D eigenvalue weighted by molar-refractivity contribution is 6.32. The maximum atomic E-state index is 14.7. The number of halogens is 3. The molecular weight excluding hydrogens is 559 g/mol. The molecule has 0 heterocycles. The van der Waals surface area contributed by atoms with Gasteiger partial charge in [0.1, 0.15) is 5.75 Å². The normalized spacial score (nSPS) is 33.7. The van der Waals surface area contributed by atoms with E-state index in [-0.39, 0.29) is 24.1 Å². The third-order valence-corrected chi connectivity index (χ3v) is 10.2. The number of benzene rings is 1. The number of likely N-dealkylation sites (N-methyl/N-ethyl adjacent to an activating group) is 1. The van der Waals surface area contributed by atoms with Crippen molar-refractivity contribution in [1.29, 1.82) is 0 Å². The first kappa shape index (κ1) is 28.9. The number of nitrogens with zero attached hydrogens (tertiary/aromatic N) is 1. The lowest BCUT2D eigenvalue weighted by molar-refractivity contribution is -0.181. The van der Waals surface area contributed by atoms with Crippen LogP contribution in [0.5, 0.6) is 5.75 Å². The fourth-order valence-electron chi connectivity index (χ4n) is 8.01. The summed E-state index contributed by atoms with van der Waals surface area (Å²) >= 11 is 0. The number of nitrogens with two attached hydrogens (primary N) is 1. The van der Waals surface area contributed by atoms with Gasteiger partial charge in [0.2, 0.25) is 5.91 Å².